The molecule has 1 heterocycles. The fraction of sp³-hybridized carbons (Fsp3) is 0.286. The summed E-state index contributed by atoms with van der Waals surface area (Å²) in [5.74, 6) is 0.889. The van der Waals surface area contributed by atoms with Crippen LogP contribution in [0.5, 0.6) is 5.75 Å². The average Bonchev–Trinajstić information content (AvgIpc) is 2.91. The molecule has 0 saturated heterocycles. The first-order chi connectivity index (χ1) is 9.16. The lowest BCUT2D eigenvalue weighted by Gasteiger charge is -2.13. The van der Waals surface area contributed by atoms with Crippen LogP contribution in [0, 0.1) is 5.92 Å². The van der Waals surface area contributed by atoms with Gasteiger partial charge in [-0.1, -0.05) is 26.0 Å². The summed E-state index contributed by atoms with van der Waals surface area (Å²) in [7, 11) is 0. The Balaban J connectivity index is 2.09. The molecule has 1 aromatic carbocycles. The van der Waals surface area contributed by atoms with E-state index in [1.807, 2.05) is 24.3 Å². The first kappa shape index (κ1) is 13.1. The van der Waals surface area contributed by atoms with Crippen molar-refractivity contribution in [2.75, 3.05) is 11.9 Å². The Labute approximate surface area is 112 Å². The monoisotopic (exact) mass is 259 g/mol. The number of aromatic amines is 1. The van der Waals surface area contributed by atoms with Crippen molar-refractivity contribution < 1.29 is 9.53 Å². The zero-order valence-electron chi connectivity index (χ0n) is 11.0. The van der Waals surface area contributed by atoms with Crippen molar-refractivity contribution in [3.8, 4) is 5.75 Å². The lowest BCUT2D eigenvalue weighted by molar-refractivity contribution is 0.102. The van der Waals surface area contributed by atoms with E-state index in [0.717, 1.165) is 0 Å². The van der Waals surface area contributed by atoms with Gasteiger partial charge in [-0.2, -0.15) is 5.10 Å². The molecule has 19 heavy (non-hydrogen) atoms. The molecule has 100 valence electrons. The third kappa shape index (κ3) is 3.58. The fourth-order valence-corrected chi connectivity index (χ4v) is 1.52. The molecule has 0 unspecified atom stereocenters. The van der Waals surface area contributed by atoms with Crippen LogP contribution < -0.4 is 10.1 Å². The van der Waals surface area contributed by atoms with Gasteiger partial charge in [0, 0.05) is 6.20 Å². The number of nitrogens with zero attached hydrogens (tertiary/aromatic N) is 1. The highest BCUT2D eigenvalue weighted by Crippen LogP contribution is 2.24. The van der Waals surface area contributed by atoms with E-state index >= 15 is 0 Å². The number of carbonyl (C=O) groups is 1. The molecule has 0 spiro atoms. The molecule has 0 radical (unpaired) electrons. The van der Waals surface area contributed by atoms with Crippen LogP contribution in [-0.2, 0) is 0 Å². The number of carbonyl (C=O) groups excluding carboxylic acids is 1. The van der Waals surface area contributed by atoms with Gasteiger partial charge in [-0.05, 0) is 18.1 Å². The molecule has 1 aromatic heterocycles. The van der Waals surface area contributed by atoms with E-state index in [9.17, 15) is 4.79 Å². The number of aromatic nitrogens is 2. The lowest BCUT2D eigenvalue weighted by Crippen LogP contribution is -2.13. The summed E-state index contributed by atoms with van der Waals surface area (Å²) in [5, 5.41) is 9.17. The van der Waals surface area contributed by atoms with Crippen molar-refractivity contribution in [2.24, 2.45) is 5.92 Å². The third-order valence-electron chi connectivity index (χ3n) is 2.47. The van der Waals surface area contributed by atoms with Crippen molar-refractivity contribution in [1.29, 1.82) is 0 Å². The second kappa shape index (κ2) is 6.04. The highest BCUT2D eigenvalue weighted by Gasteiger charge is 2.10. The van der Waals surface area contributed by atoms with Crippen molar-refractivity contribution in [1.82, 2.24) is 10.2 Å². The number of hydrogen-bond acceptors (Lipinski definition) is 3. The van der Waals surface area contributed by atoms with Crippen LogP contribution in [0.1, 0.15) is 24.2 Å². The Morgan fingerprint density at radius 1 is 1.42 bits per heavy atom. The Hall–Kier alpha value is -2.30. The minimum atomic E-state index is -0.214. The zero-order valence-corrected chi connectivity index (χ0v) is 11.0. The quantitative estimate of drug-likeness (QED) is 0.867. The van der Waals surface area contributed by atoms with Crippen molar-refractivity contribution in [3.05, 3.63) is 42.2 Å². The lowest BCUT2D eigenvalue weighted by atomic mass is 10.2. The first-order valence-corrected chi connectivity index (χ1v) is 6.19. The summed E-state index contributed by atoms with van der Waals surface area (Å²) in [4.78, 5) is 11.9. The fourth-order valence-electron chi connectivity index (χ4n) is 1.52. The van der Waals surface area contributed by atoms with Crippen LogP contribution in [-0.4, -0.2) is 22.7 Å². The highest BCUT2D eigenvalue weighted by molar-refractivity contribution is 6.04. The Morgan fingerprint density at radius 3 is 2.89 bits per heavy atom. The molecule has 0 saturated carbocycles. The molecule has 1 amide bonds. The van der Waals surface area contributed by atoms with Crippen LogP contribution >= 0.6 is 0 Å². The van der Waals surface area contributed by atoms with E-state index in [4.69, 9.17) is 4.74 Å². The molecule has 0 aliphatic rings. The molecular formula is C14H17N3O2. The van der Waals surface area contributed by atoms with Crippen LogP contribution in [0.3, 0.4) is 0 Å². The summed E-state index contributed by atoms with van der Waals surface area (Å²) in [6.07, 6.45) is 3.03. The molecule has 2 aromatic rings. The maximum absolute atomic E-state index is 11.9. The van der Waals surface area contributed by atoms with Crippen molar-refractivity contribution in [2.45, 2.75) is 13.8 Å². The summed E-state index contributed by atoms with van der Waals surface area (Å²) in [6, 6.07) is 7.39. The number of amides is 1. The summed E-state index contributed by atoms with van der Waals surface area (Å²) >= 11 is 0. The predicted molar refractivity (Wildman–Crippen MR) is 73.3 cm³/mol. The van der Waals surface area contributed by atoms with Gasteiger partial charge >= 0.3 is 0 Å². The van der Waals surface area contributed by atoms with E-state index in [1.54, 1.807) is 6.20 Å². The van der Waals surface area contributed by atoms with Crippen LogP contribution in [0.2, 0.25) is 0 Å². The molecule has 2 N–H and O–H groups in total. The highest BCUT2D eigenvalue weighted by atomic mass is 16.5. The maximum Gasteiger partial charge on any atom is 0.258 e. The maximum atomic E-state index is 11.9. The normalized spacial score (nSPS) is 10.5. The van der Waals surface area contributed by atoms with Gasteiger partial charge < -0.3 is 10.1 Å². The molecule has 0 atom stereocenters. The molecule has 0 fully saturated rings. The second-order valence-corrected chi connectivity index (χ2v) is 4.64. The number of H-pyrrole nitrogens is 1. The van der Waals surface area contributed by atoms with Gasteiger partial charge in [0.1, 0.15) is 5.75 Å². The molecule has 0 aliphatic heterocycles. The Bertz CT molecular complexity index is 535. The minimum absolute atomic E-state index is 0.214. The summed E-state index contributed by atoms with van der Waals surface area (Å²) in [5.41, 5.74) is 1.15. The number of rotatable bonds is 5. The number of benzene rings is 1. The van der Waals surface area contributed by atoms with E-state index < -0.39 is 0 Å². The number of para-hydroxylation sites is 2. The standard InChI is InChI=1S/C14H17N3O2/c1-10(2)9-19-13-6-4-3-5-12(13)17-14(18)11-7-15-16-8-11/h3-8,10H,9H2,1-2H3,(H,15,16)(H,17,18). The predicted octanol–water partition coefficient (Wildman–Crippen LogP) is 2.70. The molecule has 5 nitrogen and oxygen atoms in total. The molecule has 2 rings (SSSR count). The second-order valence-electron chi connectivity index (χ2n) is 4.64. The largest absolute Gasteiger partial charge is 0.491 e. The van der Waals surface area contributed by atoms with Crippen molar-refractivity contribution >= 4 is 11.6 Å². The van der Waals surface area contributed by atoms with Crippen molar-refractivity contribution in [3.63, 3.8) is 0 Å². The Kier molecular flexibility index (Phi) is 4.18. The van der Waals surface area contributed by atoms with Crippen LogP contribution in [0.15, 0.2) is 36.7 Å². The minimum Gasteiger partial charge on any atom is -0.491 e. The molecule has 0 bridgehead atoms. The zero-order chi connectivity index (χ0) is 13.7. The van der Waals surface area contributed by atoms with E-state index in [1.165, 1.54) is 6.20 Å². The Morgan fingerprint density at radius 2 is 2.21 bits per heavy atom. The third-order valence-corrected chi connectivity index (χ3v) is 2.47. The number of nitrogens with one attached hydrogen (secondary N) is 2. The average molecular weight is 259 g/mol. The number of hydrogen-bond donors (Lipinski definition) is 2. The van der Waals surface area contributed by atoms with Crippen LogP contribution in [0.4, 0.5) is 5.69 Å². The number of anilines is 1. The van der Waals surface area contributed by atoms with Crippen LogP contribution in [0.25, 0.3) is 0 Å². The van der Waals surface area contributed by atoms with E-state index in [-0.39, 0.29) is 5.91 Å². The summed E-state index contributed by atoms with van der Waals surface area (Å²) < 4.78 is 5.68. The van der Waals surface area contributed by atoms with E-state index in [0.29, 0.717) is 29.5 Å². The molecular weight excluding hydrogens is 242 g/mol. The summed E-state index contributed by atoms with van der Waals surface area (Å²) in [6.45, 7) is 4.76. The van der Waals surface area contributed by atoms with Gasteiger partial charge in [0.15, 0.2) is 0 Å². The van der Waals surface area contributed by atoms with E-state index in [2.05, 4.69) is 29.4 Å². The van der Waals surface area contributed by atoms with Gasteiger partial charge in [-0.15, -0.1) is 0 Å². The molecule has 5 heteroatoms. The number of ether oxygens (including phenoxy) is 1. The SMILES string of the molecule is CC(C)COc1ccccc1NC(=O)c1cn[nH]c1. The molecule has 0 aliphatic carbocycles. The smallest absolute Gasteiger partial charge is 0.258 e. The van der Waals surface area contributed by atoms with Gasteiger partial charge in [0.2, 0.25) is 0 Å². The topological polar surface area (TPSA) is 67.0 Å². The van der Waals surface area contributed by atoms with Gasteiger partial charge in [-0.3, -0.25) is 9.89 Å². The van der Waals surface area contributed by atoms with Gasteiger partial charge in [0.05, 0.1) is 24.1 Å². The van der Waals surface area contributed by atoms with Gasteiger partial charge in [0.25, 0.3) is 5.91 Å². The van der Waals surface area contributed by atoms with Gasteiger partial charge in [-0.25, -0.2) is 0 Å². The first-order valence-electron chi connectivity index (χ1n) is 6.19.